The van der Waals surface area contributed by atoms with Gasteiger partial charge in [-0.2, -0.15) is 0 Å². The van der Waals surface area contributed by atoms with Crippen LogP contribution in [0.2, 0.25) is 0 Å². The zero-order valence-corrected chi connectivity index (χ0v) is 15.3. The Morgan fingerprint density at radius 2 is 1.78 bits per heavy atom. The minimum atomic E-state index is -0.473. The van der Waals surface area contributed by atoms with Crippen LogP contribution >= 0.6 is 0 Å². The number of amides is 1. The molecule has 0 saturated heterocycles. The van der Waals surface area contributed by atoms with Crippen LogP contribution in [-0.2, 0) is 16.8 Å². The molecule has 1 amide bonds. The SMILES string of the molecule is COc1ccc(C2(C(=O)NCc3ccc4[nH]c(=O)[nH]c4c3)CCCC2)cc1. The van der Waals surface area contributed by atoms with E-state index in [1.807, 2.05) is 42.5 Å². The maximum Gasteiger partial charge on any atom is 0.323 e. The molecule has 1 aromatic heterocycles. The van der Waals surface area contributed by atoms with Crippen LogP contribution in [0.3, 0.4) is 0 Å². The number of aromatic nitrogens is 2. The van der Waals surface area contributed by atoms with Gasteiger partial charge in [-0.25, -0.2) is 4.79 Å². The number of methoxy groups -OCH3 is 1. The molecule has 2 aromatic carbocycles. The van der Waals surface area contributed by atoms with Gasteiger partial charge in [-0.05, 0) is 48.2 Å². The van der Waals surface area contributed by atoms with Crippen LogP contribution in [-0.4, -0.2) is 23.0 Å². The van der Waals surface area contributed by atoms with Crippen LogP contribution in [0, 0.1) is 0 Å². The van der Waals surface area contributed by atoms with E-state index in [9.17, 15) is 9.59 Å². The van der Waals surface area contributed by atoms with Gasteiger partial charge in [-0.15, -0.1) is 0 Å². The van der Waals surface area contributed by atoms with E-state index in [1.165, 1.54) is 0 Å². The van der Waals surface area contributed by atoms with Crippen LogP contribution in [0.25, 0.3) is 11.0 Å². The maximum atomic E-state index is 13.2. The van der Waals surface area contributed by atoms with E-state index in [0.29, 0.717) is 6.54 Å². The van der Waals surface area contributed by atoms with Crippen molar-refractivity contribution in [3.63, 3.8) is 0 Å². The van der Waals surface area contributed by atoms with Gasteiger partial charge in [0.05, 0.1) is 23.6 Å². The second-order valence-electron chi connectivity index (χ2n) is 7.16. The molecule has 27 heavy (non-hydrogen) atoms. The lowest BCUT2D eigenvalue weighted by Gasteiger charge is -2.28. The van der Waals surface area contributed by atoms with E-state index in [1.54, 1.807) is 7.11 Å². The molecule has 4 rings (SSSR count). The maximum absolute atomic E-state index is 13.2. The summed E-state index contributed by atoms with van der Waals surface area (Å²) in [5, 5.41) is 3.11. The summed E-state index contributed by atoms with van der Waals surface area (Å²) in [7, 11) is 1.64. The van der Waals surface area contributed by atoms with Crippen molar-refractivity contribution in [1.29, 1.82) is 0 Å². The van der Waals surface area contributed by atoms with Gasteiger partial charge < -0.3 is 20.0 Å². The average Bonchev–Trinajstić information content (AvgIpc) is 3.32. The van der Waals surface area contributed by atoms with Crippen LogP contribution in [0.1, 0.15) is 36.8 Å². The molecule has 1 heterocycles. The van der Waals surface area contributed by atoms with Crippen molar-refractivity contribution >= 4 is 16.9 Å². The molecule has 0 aliphatic heterocycles. The van der Waals surface area contributed by atoms with Crippen molar-refractivity contribution in [2.75, 3.05) is 7.11 Å². The number of fused-ring (bicyclic) bond motifs is 1. The first-order valence-electron chi connectivity index (χ1n) is 9.24. The predicted octanol–water partition coefficient (Wildman–Crippen LogP) is 2.99. The summed E-state index contributed by atoms with van der Waals surface area (Å²) in [5.41, 5.74) is 2.81. The minimum Gasteiger partial charge on any atom is -0.497 e. The molecule has 0 atom stereocenters. The van der Waals surface area contributed by atoms with E-state index >= 15 is 0 Å². The zero-order chi connectivity index (χ0) is 18.9. The van der Waals surface area contributed by atoms with Crippen molar-refractivity contribution in [2.45, 2.75) is 37.6 Å². The van der Waals surface area contributed by atoms with Gasteiger partial charge in [0.2, 0.25) is 5.91 Å². The first kappa shape index (κ1) is 17.4. The Labute approximate surface area is 156 Å². The summed E-state index contributed by atoms with van der Waals surface area (Å²) in [6.45, 7) is 0.430. The normalized spacial score (nSPS) is 15.7. The first-order valence-corrected chi connectivity index (χ1v) is 9.24. The number of ether oxygens (including phenoxy) is 1. The Bertz CT molecular complexity index is 1010. The number of hydrogen-bond acceptors (Lipinski definition) is 3. The molecule has 1 saturated carbocycles. The molecule has 0 bridgehead atoms. The molecule has 3 aromatic rings. The number of carbonyl (C=O) groups excluding carboxylic acids is 1. The molecule has 1 aliphatic carbocycles. The Hall–Kier alpha value is -3.02. The van der Waals surface area contributed by atoms with Crippen molar-refractivity contribution < 1.29 is 9.53 Å². The molecule has 1 aliphatic rings. The smallest absolute Gasteiger partial charge is 0.323 e. The summed E-state index contributed by atoms with van der Waals surface area (Å²) in [4.78, 5) is 30.0. The monoisotopic (exact) mass is 365 g/mol. The van der Waals surface area contributed by atoms with Gasteiger partial charge in [-0.1, -0.05) is 31.0 Å². The highest BCUT2D eigenvalue weighted by atomic mass is 16.5. The van der Waals surface area contributed by atoms with E-state index in [2.05, 4.69) is 15.3 Å². The van der Waals surface area contributed by atoms with Gasteiger partial charge in [0.15, 0.2) is 0 Å². The van der Waals surface area contributed by atoms with Crippen molar-refractivity contribution in [3.05, 3.63) is 64.1 Å². The van der Waals surface area contributed by atoms with Gasteiger partial charge >= 0.3 is 5.69 Å². The number of rotatable bonds is 5. The Morgan fingerprint density at radius 1 is 1.07 bits per heavy atom. The quantitative estimate of drug-likeness (QED) is 0.650. The van der Waals surface area contributed by atoms with Crippen molar-refractivity contribution in [3.8, 4) is 5.75 Å². The van der Waals surface area contributed by atoms with Gasteiger partial charge in [-0.3, -0.25) is 4.79 Å². The second kappa shape index (κ2) is 6.95. The van der Waals surface area contributed by atoms with E-state index in [4.69, 9.17) is 4.74 Å². The lowest BCUT2D eigenvalue weighted by molar-refractivity contribution is -0.126. The van der Waals surface area contributed by atoms with Crippen LogP contribution < -0.4 is 15.7 Å². The van der Waals surface area contributed by atoms with Crippen LogP contribution in [0.4, 0.5) is 0 Å². The molecule has 6 heteroatoms. The van der Waals surface area contributed by atoms with E-state index in [-0.39, 0.29) is 11.6 Å². The third-order valence-electron chi connectivity index (χ3n) is 5.57. The fourth-order valence-corrected chi connectivity index (χ4v) is 4.08. The standard InChI is InChI=1S/C21H23N3O3/c1-27-16-7-5-15(6-8-16)21(10-2-3-11-21)19(25)22-13-14-4-9-17-18(12-14)24-20(26)23-17/h4-9,12H,2-3,10-11,13H2,1H3,(H,22,25)(H2,23,24,26). The second-order valence-corrected chi connectivity index (χ2v) is 7.16. The summed E-state index contributed by atoms with van der Waals surface area (Å²) in [6.07, 6.45) is 3.82. The van der Waals surface area contributed by atoms with Gasteiger partial charge in [0.25, 0.3) is 0 Å². The average molecular weight is 365 g/mol. The highest BCUT2D eigenvalue weighted by Crippen LogP contribution is 2.41. The van der Waals surface area contributed by atoms with E-state index in [0.717, 1.165) is 53.6 Å². The summed E-state index contributed by atoms with van der Waals surface area (Å²) in [6, 6.07) is 13.5. The lowest BCUT2D eigenvalue weighted by Crippen LogP contribution is -2.42. The fourth-order valence-electron chi connectivity index (χ4n) is 4.08. The molecule has 3 N–H and O–H groups in total. The Morgan fingerprint density at radius 3 is 2.48 bits per heavy atom. The summed E-state index contributed by atoms with van der Waals surface area (Å²) in [5.74, 6) is 0.855. The zero-order valence-electron chi connectivity index (χ0n) is 15.3. The number of imidazole rings is 1. The van der Waals surface area contributed by atoms with Crippen molar-refractivity contribution in [2.24, 2.45) is 0 Å². The number of nitrogens with one attached hydrogen (secondary N) is 3. The molecule has 140 valence electrons. The molecule has 6 nitrogen and oxygen atoms in total. The summed E-state index contributed by atoms with van der Waals surface area (Å²) < 4.78 is 5.24. The highest BCUT2D eigenvalue weighted by Gasteiger charge is 2.42. The van der Waals surface area contributed by atoms with Gasteiger partial charge in [0.1, 0.15) is 5.75 Å². The lowest BCUT2D eigenvalue weighted by atomic mass is 9.78. The third-order valence-corrected chi connectivity index (χ3v) is 5.57. The predicted molar refractivity (Wildman–Crippen MR) is 104 cm³/mol. The van der Waals surface area contributed by atoms with Crippen LogP contribution in [0.5, 0.6) is 5.75 Å². The first-order chi connectivity index (χ1) is 13.1. The Balaban J connectivity index is 1.53. The van der Waals surface area contributed by atoms with Crippen LogP contribution in [0.15, 0.2) is 47.3 Å². The number of benzene rings is 2. The van der Waals surface area contributed by atoms with Gasteiger partial charge in [0, 0.05) is 6.54 Å². The third kappa shape index (κ3) is 3.23. The number of H-pyrrole nitrogens is 2. The molecule has 0 unspecified atom stereocenters. The minimum absolute atomic E-state index is 0.0628. The molecule has 0 radical (unpaired) electrons. The van der Waals surface area contributed by atoms with Crippen molar-refractivity contribution in [1.82, 2.24) is 15.3 Å². The number of hydrogen-bond donors (Lipinski definition) is 3. The largest absolute Gasteiger partial charge is 0.497 e. The fraction of sp³-hybridized carbons (Fsp3) is 0.333. The van der Waals surface area contributed by atoms with E-state index < -0.39 is 5.41 Å². The Kier molecular flexibility index (Phi) is 4.48. The molecular formula is C21H23N3O3. The molecular weight excluding hydrogens is 342 g/mol. The summed E-state index contributed by atoms with van der Waals surface area (Å²) >= 11 is 0. The highest BCUT2D eigenvalue weighted by molar-refractivity contribution is 5.88. The molecule has 0 spiro atoms. The topological polar surface area (TPSA) is 87.0 Å². The molecule has 1 fully saturated rings. The number of aromatic amines is 2. The number of carbonyl (C=O) groups is 1.